The number of thioether (sulfide) groups is 2. The van der Waals surface area contributed by atoms with Crippen molar-refractivity contribution >= 4 is 23.5 Å². The van der Waals surface area contributed by atoms with Gasteiger partial charge in [0.05, 0.1) is 11.4 Å². The quantitative estimate of drug-likeness (QED) is 0.370. The van der Waals surface area contributed by atoms with E-state index in [0.717, 1.165) is 44.0 Å². The Kier molecular flexibility index (Phi) is 8.00. The standard InChI is InChI=1S/C24H30N4O2S2/c1-7-17-19(25-23(31-5)27(3)21(17)29)13-15-10-9-11-16(12-15)14-20-18(8-2)22(30)28(4)24(26-20)32-6/h9-12H,7-8,13-14H2,1-6H3. The second-order valence-electron chi connectivity index (χ2n) is 7.66. The van der Waals surface area contributed by atoms with Gasteiger partial charge in [0.25, 0.3) is 11.1 Å². The minimum Gasteiger partial charge on any atom is -0.291 e. The van der Waals surface area contributed by atoms with Crippen LogP contribution >= 0.6 is 23.5 Å². The molecule has 6 nitrogen and oxygen atoms in total. The normalized spacial score (nSPS) is 11.2. The molecule has 0 saturated carbocycles. The van der Waals surface area contributed by atoms with Gasteiger partial charge in [0.1, 0.15) is 0 Å². The first-order chi connectivity index (χ1) is 15.3. The molecular formula is C24H30N4O2S2. The third kappa shape index (κ3) is 4.86. The number of benzene rings is 1. The first-order valence-electron chi connectivity index (χ1n) is 10.7. The van der Waals surface area contributed by atoms with Crippen LogP contribution in [0.2, 0.25) is 0 Å². The van der Waals surface area contributed by atoms with Crippen LogP contribution in [0.4, 0.5) is 0 Å². The molecule has 0 spiro atoms. The summed E-state index contributed by atoms with van der Waals surface area (Å²) < 4.78 is 3.25. The predicted octanol–water partition coefficient (Wildman–Crippen LogP) is 3.62. The second kappa shape index (κ2) is 10.5. The summed E-state index contributed by atoms with van der Waals surface area (Å²) in [6.07, 6.45) is 6.37. The molecule has 0 amide bonds. The fourth-order valence-corrected chi connectivity index (χ4v) is 5.06. The lowest BCUT2D eigenvalue weighted by Gasteiger charge is -2.14. The molecule has 0 bridgehead atoms. The SMILES string of the molecule is CCc1c(Cc2cccc(Cc3nc(SC)n(C)c(=O)c3CC)c2)nc(SC)n(C)c1=O. The fourth-order valence-electron chi connectivity index (χ4n) is 3.95. The highest BCUT2D eigenvalue weighted by Crippen LogP contribution is 2.19. The molecule has 0 saturated heterocycles. The van der Waals surface area contributed by atoms with E-state index in [9.17, 15) is 9.59 Å². The summed E-state index contributed by atoms with van der Waals surface area (Å²) in [4.78, 5) is 35.1. The molecule has 0 atom stereocenters. The summed E-state index contributed by atoms with van der Waals surface area (Å²) in [7, 11) is 3.55. The van der Waals surface area contributed by atoms with Crippen LogP contribution in [0.15, 0.2) is 44.2 Å². The predicted molar refractivity (Wildman–Crippen MR) is 133 cm³/mol. The summed E-state index contributed by atoms with van der Waals surface area (Å²) in [5.41, 5.74) is 5.45. The Bertz CT molecular complexity index is 1160. The van der Waals surface area contributed by atoms with Gasteiger partial charge in [-0.05, 0) is 36.5 Å². The van der Waals surface area contributed by atoms with E-state index in [1.54, 1.807) is 23.2 Å². The lowest BCUT2D eigenvalue weighted by molar-refractivity contribution is 0.675. The van der Waals surface area contributed by atoms with Gasteiger partial charge in [0.15, 0.2) is 10.3 Å². The van der Waals surface area contributed by atoms with Gasteiger partial charge in [0, 0.05) is 38.1 Å². The van der Waals surface area contributed by atoms with Gasteiger partial charge in [-0.3, -0.25) is 18.7 Å². The average molecular weight is 471 g/mol. The van der Waals surface area contributed by atoms with Gasteiger partial charge in [-0.1, -0.05) is 61.6 Å². The van der Waals surface area contributed by atoms with E-state index in [2.05, 4.69) is 18.2 Å². The zero-order valence-corrected chi connectivity index (χ0v) is 21.2. The van der Waals surface area contributed by atoms with Gasteiger partial charge in [-0.2, -0.15) is 0 Å². The van der Waals surface area contributed by atoms with Crippen LogP contribution in [0.5, 0.6) is 0 Å². The third-order valence-electron chi connectivity index (χ3n) is 5.66. The maximum Gasteiger partial charge on any atom is 0.257 e. The number of hydrogen-bond acceptors (Lipinski definition) is 6. The molecule has 0 radical (unpaired) electrons. The molecule has 0 aliphatic heterocycles. The molecule has 3 rings (SSSR count). The highest BCUT2D eigenvalue weighted by molar-refractivity contribution is 7.98. The summed E-state index contributed by atoms with van der Waals surface area (Å²) in [6, 6.07) is 8.28. The lowest BCUT2D eigenvalue weighted by atomic mass is 9.99. The van der Waals surface area contributed by atoms with E-state index in [4.69, 9.17) is 9.97 Å². The van der Waals surface area contributed by atoms with Crippen molar-refractivity contribution in [1.82, 2.24) is 19.1 Å². The Morgan fingerprint density at radius 2 is 1.19 bits per heavy atom. The Morgan fingerprint density at radius 1 is 0.781 bits per heavy atom. The van der Waals surface area contributed by atoms with E-state index in [-0.39, 0.29) is 11.1 Å². The van der Waals surface area contributed by atoms with Gasteiger partial charge in [0.2, 0.25) is 0 Å². The van der Waals surface area contributed by atoms with Gasteiger partial charge >= 0.3 is 0 Å². The Balaban J connectivity index is 1.98. The Morgan fingerprint density at radius 3 is 1.53 bits per heavy atom. The molecule has 2 heterocycles. The molecule has 0 fully saturated rings. The van der Waals surface area contributed by atoms with Crippen LogP contribution in [0.25, 0.3) is 0 Å². The Hall–Kier alpha value is -2.32. The number of rotatable bonds is 8. The first-order valence-corrected chi connectivity index (χ1v) is 13.1. The van der Waals surface area contributed by atoms with Crippen molar-refractivity contribution in [2.75, 3.05) is 12.5 Å². The molecular weight excluding hydrogens is 440 g/mol. The van der Waals surface area contributed by atoms with E-state index >= 15 is 0 Å². The molecule has 1 aromatic carbocycles. The van der Waals surface area contributed by atoms with Crippen LogP contribution in [0, 0.1) is 0 Å². The highest BCUT2D eigenvalue weighted by atomic mass is 32.2. The van der Waals surface area contributed by atoms with E-state index < -0.39 is 0 Å². The number of aromatic nitrogens is 4. The van der Waals surface area contributed by atoms with Crippen molar-refractivity contribution < 1.29 is 0 Å². The summed E-state index contributed by atoms with van der Waals surface area (Å²) >= 11 is 2.96. The maximum absolute atomic E-state index is 12.8. The number of nitrogens with zero attached hydrogens (tertiary/aromatic N) is 4. The molecule has 170 valence electrons. The Labute approximate surface area is 197 Å². The van der Waals surface area contributed by atoms with Gasteiger partial charge in [-0.25, -0.2) is 9.97 Å². The van der Waals surface area contributed by atoms with Crippen LogP contribution < -0.4 is 11.1 Å². The zero-order valence-electron chi connectivity index (χ0n) is 19.6. The average Bonchev–Trinajstić information content (AvgIpc) is 2.79. The molecule has 0 aliphatic carbocycles. The van der Waals surface area contributed by atoms with Crippen molar-refractivity contribution in [2.45, 2.75) is 49.8 Å². The van der Waals surface area contributed by atoms with Crippen LogP contribution in [-0.4, -0.2) is 31.6 Å². The molecule has 2 aromatic heterocycles. The summed E-state index contributed by atoms with van der Waals surface area (Å²) in [5, 5.41) is 1.44. The summed E-state index contributed by atoms with van der Waals surface area (Å²) in [5.74, 6) is 0. The van der Waals surface area contributed by atoms with Gasteiger partial charge < -0.3 is 0 Å². The van der Waals surface area contributed by atoms with Crippen molar-refractivity contribution in [3.63, 3.8) is 0 Å². The lowest BCUT2D eigenvalue weighted by Crippen LogP contribution is -2.26. The molecule has 0 unspecified atom stereocenters. The van der Waals surface area contributed by atoms with Crippen molar-refractivity contribution in [3.8, 4) is 0 Å². The molecule has 8 heteroatoms. The topological polar surface area (TPSA) is 69.8 Å². The first kappa shape index (κ1) is 24.3. The zero-order chi connectivity index (χ0) is 23.4. The van der Waals surface area contributed by atoms with Crippen LogP contribution in [0.3, 0.4) is 0 Å². The molecule has 0 aliphatic rings. The van der Waals surface area contributed by atoms with Gasteiger partial charge in [-0.15, -0.1) is 0 Å². The highest BCUT2D eigenvalue weighted by Gasteiger charge is 2.16. The van der Waals surface area contributed by atoms with Crippen molar-refractivity contribution in [2.24, 2.45) is 14.1 Å². The van der Waals surface area contributed by atoms with E-state index in [1.165, 1.54) is 23.5 Å². The van der Waals surface area contributed by atoms with E-state index in [0.29, 0.717) is 25.7 Å². The van der Waals surface area contributed by atoms with Crippen LogP contribution in [-0.2, 0) is 39.8 Å². The minimum atomic E-state index is 0.0273. The fraction of sp³-hybridized carbons (Fsp3) is 0.417. The maximum atomic E-state index is 12.8. The second-order valence-corrected chi connectivity index (χ2v) is 9.20. The van der Waals surface area contributed by atoms with Crippen molar-refractivity contribution in [1.29, 1.82) is 0 Å². The van der Waals surface area contributed by atoms with E-state index in [1.807, 2.05) is 32.4 Å². The number of hydrogen-bond donors (Lipinski definition) is 0. The smallest absolute Gasteiger partial charge is 0.257 e. The largest absolute Gasteiger partial charge is 0.291 e. The van der Waals surface area contributed by atoms with Crippen molar-refractivity contribution in [3.05, 3.63) is 78.6 Å². The molecule has 32 heavy (non-hydrogen) atoms. The summed E-state index contributed by atoms with van der Waals surface area (Å²) in [6.45, 7) is 3.99. The minimum absolute atomic E-state index is 0.0273. The molecule has 0 N–H and O–H groups in total. The molecule has 3 aromatic rings. The van der Waals surface area contributed by atoms with Crippen LogP contribution in [0.1, 0.15) is 47.5 Å². The third-order valence-corrected chi connectivity index (χ3v) is 7.12. The monoisotopic (exact) mass is 470 g/mol.